The zero-order valence-electron chi connectivity index (χ0n) is 15.7. The van der Waals surface area contributed by atoms with Gasteiger partial charge in [0.2, 0.25) is 0 Å². The van der Waals surface area contributed by atoms with E-state index in [4.69, 9.17) is 16.3 Å². The first-order chi connectivity index (χ1) is 14.3. The summed E-state index contributed by atoms with van der Waals surface area (Å²) in [5, 5.41) is 2.66. The lowest BCUT2D eigenvalue weighted by Gasteiger charge is -2.13. The molecule has 10 heteroatoms. The van der Waals surface area contributed by atoms with Crippen LogP contribution in [0.5, 0.6) is 5.75 Å². The maximum atomic E-state index is 13.9. The Kier molecular flexibility index (Phi) is 6.53. The van der Waals surface area contributed by atoms with Crippen molar-refractivity contribution in [1.82, 2.24) is 10.3 Å². The SMILES string of the molecule is COc1cncc(NS(=O)(=O)c2ccccc2C(=O)NCc2c(F)cccc2Cl)c1. The number of aromatic nitrogens is 1. The summed E-state index contributed by atoms with van der Waals surface area (Å²) in [5.41, 5.74) is 0.171. The summed E-state index contributed by atoms with van der Waals surface area (Å²) in [4.78, 5) is 16.3. The number of hydrogen-bond acceptors (Lipinski definition) is 5. The van der Waals surface area contributed by atoms with Gasteiger partial charge in [-0.3, -0.25) is 14.5 Å². The monoisotopic (exact) mass is 449 g/mol. The third-order valence-corrected chi connectivity index (χ3v) is 5.90. The lowest BCUT2D eigenvalue weighted by atomic mass is 10.2. The number of methoxy groups -OCH3 is 1. The van der Waals surface area contributed by atoms with E-state index in [-0.39, 0.29) is 33.3 Å². The van der Waals surface area contributed by atoms with Crippen molar-refractivity contribution in [3.8, 4) is 5.75 Å². The fourth-order valence-electron chi connectivity index (χ4n) is 2.65. The van der Waals surface area contributed by atoms with Crippen molar-refractivity contribution in [1.29, 1.82) is 0 Å². The number of rotatable bonds is 7. The van der Waals surface area contributed by atoms with Crippen molar-refractivity contribution in [3.05, 3.63) is 82.9 Å². The second-order valence-corrected chi connectivity index (χ2v) is 8.16. The molecule has 0 radical (unpaired) electrons. The number of carbonyl (C=O) groups excluding carboxylic acids is 1. The van der Waals surface area contributed by atoms with Crippen LogP contribution >= 0.6 is 11.6 Å². The largest absolute Gasteiger partial charge is 0.495 e. The number of ether oxygens (including phenoxy) is 1. The van der Waals surface area contributed by atoms with Gasteiger partial charge in [-0.05, 0) is 24.3 Å². The van der Waals surface area contributed by atoms with E-state index < -0.39 is 21.7 Å². The number of anilines is 1. The quantitative estimate of drug-likeness (QED) is 0.574. The molecule has 0 saturated heterocycles. The van der Waals surface area contributed by atoms with Crippen LogP contribution in [0.1, 0.15) is 15.9 Å². The Morgan fingerprint density at radius 2 is 1.93 bits per heavy atom. The maximum absolute atomic E-state index is 13.9. The van der Waals surface area contributed by atoms with E-state index in [0.717, 1.165) is 0 Å². The second-order valence-electron chi connectivity index (χ2n) is 6.10. The molecule has 0 bridgehead atoms. The second kappa shape index (κ2) is 9.10. The Bertz CT molecular complexity index is 1170. The Morgan fingerprint density at radius 3 is 2.67 bits per heavy atom. The predicted octanol–water partition coefficient (Wildman–Crippen LogP) is 3.61. The van der Waals surface area contributed by atoms with Crippen LogP contribution in [0.15, 0.2) is 65.8 Å². The first-order valence-corrected chi connectivity index (χ1v) is 10.5. The number of benzene rings is 2. The molecule has 1 amide bonds. The Balaban J connectivity index is 1.85. The summed E-state index contributed by atoms with van der Waals surface area (Å²) in [6.07, 6.45) is 2.73. The Morgan fingerprint density at radius 1 is 1.17 bits per heavy atom. The van der Waals surface area contributed by atoms with Crippen molar-refractivity contribution in [2.45, 2.75) is 11.4 Å². The molecule has 156 valence electrons. The van der Waals surface area contributed by atoms with Gasteiger partial charge in [0.25, 0.3) is 15.9 Å². The Labute approximate surface area is 177 Å². The van der Waals surface area contributed by atoms with Crippen molar-refractivity contribution >= 4 is 33.2 Å². The molecule has 7 nitrogen and oxygen atoms in total. The molecule has 2 aromatic carbocycles. The van der Waals surface area contributed by atoms with Gasteiger partial charge in [0, 0.05) is 23.2 Å². The van der Waals surface area contributed by atoms with Gasteiger partial charge >= 0.3 is 0 Å². The fraction of sp³-hybridized carbons (Fsp3) is 0.100. The highest BCUT2D eigenvalue weighted by atomic mass is 35.5. The molecule has 30 heavy (non-hydrogen) atoms. The number of sulfonamides is 1. The number of pyridine rings is 1. The van der Waals surface area contributed by atoms with Gasteiger partial charge in [-0.1, -0.05) is 29.8 Å². The molecule has 0 fully saturated rings. The van der Waals surface area contributed by atoms with E-state index in [1.54, 1.807) is 0 Å². The molecule has 0 unspecified atom stereocenters. The zero-order chi connectivity index (χ0) is 21.7. The summed E-state index contributed by atoms with van der Waals surface area (Å²) >= 11 is 5.96. The molecule has 3 aromatic rings. The molecule has 0 spiro atoms. The number of carbonyl (C=O) groups is 1. The highest BCUT2D eigenvalue weighted by molar-refractivity contribution is 7.92. The lowest BCUT2D eigenvalue weighted by Crippen LogP contribution is -2.26. The van der Waals surface area contributed by atoms with E-state index in [9.17, 15) is 17.6 Å². The molecule has 0 aliphatic carbocycles. The molecule has 1 aromatic heterocycles. The molecule has 2 N–H and O–H groups in total. The minimum absolute atomic E-state index is 0.103. The van der Waals surface area contributed by atoms with Crippen LogP contribution in [0.4, 0.5) is 10.1 Å². The molecule has 0 atom stereocenters. The van der Waals surface area contributed by atoms with Crippen molar-refractivity contribution in [3.63, 3.8) is 0 Å². The van der Waals surface area contributed by atoms with Gasteiger partial charge in [0.15, 0.2) is 0 Å². The summed E-state index contributed by atoms with van der Waals surface area (Å²) in [6.45, 7) is -0.202. The van der Waals surface area contributed by atoms with Gasteiger partial charge < -0.3 is 10.1 Å². The van der Waals surface area contributed by atoms with Crippen molar-refractivity contribution < 1.29 is 22.3 Å². The molecule has 3 rings (SSSR count). The molecule has 0 aliphatic rings. The van der Waals surface area contributed by atoms with E-state index in [2.05, 4.69) is 15.0 Å². The van der Waals surface area contributed by atoms with Gasteiger partial charge in [-0.15, -0.1) is 0 Å². The smallest absolute Gasteiger partial charge is 0.262 e. The van der Waals surface area contributed by atoms with Crippen LogP contribution in [0.3, 0.4) is 0 Å². The number of halogens is 2. The molecule has 0 aliphatic heterocycles. The van der Waals surface area contributed by atoms with Crippen molar-refractivity contribution in [2.75, 3.05) is 11.8 Å². The van der Waals surface area contributed by atoms with E-state index >= 15 is 0 Å². The minimum atomic E-state index is -4.12. The molecular formula is C20H17ClFN3O4S. The first kappa shape index (κ1) is 21.5. The summed E-state index contributed by atoms with van der Waals surface area (Å²) in [6, 6.07) is 11.3. The van der Waals surface area contributed by atoms with E-state index in [1.165, 1.54) is 68.0 Å². The predicted molar refractivity (Wildman–Crippen MR) is 111 cm³/mol. The average Bonchev–Trinajstić information content (AvgIpc) is 2.73. The molecule has 1 heterocycles. The zero-order valence-corrected chi connectivity index (χ0v) is 17.3. The van der Waals surface area contributed by atoms with Gasteiger partial charge in [0.05, 0.1) is 30.8 Å². The third-order valence-electron chi connectivity index (χ3n) is 4.11. The van der Waals surface area contributed by atoms with Gasteiger partial charge in [-0.25, -0.2) is 12.8 Å². The third kappa shape index (κ3) is 4.87. The number of hydrogen-bond donors (Lipinski definition) is 2. The summed E-state index contributed by atoms with van der Waals surface area (Å²) < 4.78 is 47.0. The maximum Gasteiger partial charge on any atom is 0.262 e. The topological polar surface area (TPSA) is 97.4 Å². The van der Waals surface area contributed by atoms with Crippen LogP contribution in [0.25, 0.3) is 0 Å². The van der Waals surface area contributed by atoms with Crippen LogP contribution in [0.2, 0.25) is 5.02 Å². The van der Waals surface area contributed by atoms with Crippen LogP contribution < -0.4 is 14.8 Å². The number of nitrogens with one attached hydrogen (secondary N) is 2. The lowest BCUT2D eigenvalue weighted by molar-refractivity contribution is 0.0947. The first-order valence-electron chi connectivity index (χ1n) is 8.64. The molecular weight excluding hydrogens is 433 g/mol. The fourth-order valence-corrected chi connectivity index (χ4v) is 4.12. The minimum Gasteiger partial charge on any atom is -0.495 e. The highest BCUT2D eigenvalue weighted by Crippen LogP contribution is 2.23. The molecule has 0 saturated carbocycles. The normalized spacial score (nSPS) is 11.0. The average molecular weight is 450 g/mol. The summed E-state index contributed by atoms with van der Waals surface area (Å²) in [5.74, 6) is -0.905. The van der Waals surface area contributed by atoms with Crippen LogP contribution in [0, 0.1) is 5.82 Å². The van der Waals surface area contributed by atoms with E-state index in [0.29, 0.717) is 5.75 Å². The summed E-state index contributed by atoms with van der Waals surface area (Å²) in [7, 11) is -2.69. The Hall–Kier alpha value is -3.17. The van der Waals surface area contributed by atoms with E-state index in [1.807, 2.05) is 0 Å². The number of nitrogens with zero attached hydrogens (tertiary/aromatic N) is 1. The van der Waals surface area contributed by atoms with Gasteiger partial charge in [-0.2, -0.15) is 0 Å². The number of amides is 1. The van der Waals surface area contributed by atoms with Crippen molar-refractivity contribution in [2.24, 2.45) is 0 Å². The van der Waals surface area contributed by atoms with Crippen LogP contribution in [-0.2, 0) is 16.6 Å². The van der Waals surface area contributed by atoms with Crippen LogP contribution in [-0.4, -0.2) is 26.4 Å². The standard InChI is InChI=1S/C20H17ClFN3O4S/c1-29-14-9-13(10-23-11-14)25-30(27,28)19-8-3-2-5-15(19)20(26)24-12-16-17(21)6-4-7-18(16)22/h2-11,25H,12H2,1H3,(H,24,26). The van der Waals surface area contributed by atoms with Gasteiger partial charge in [0.1, 0.15) is 16.5 Å². The highest BCUT2D eigenvalue weighted by Gasteiger charge is 2.23.